The van der Waals surface area contributed by atoms with Crippen LogP contribution in [-0.2, 0) is 4.74 Å². The molecular formula is C20H23N3O4. The molecule has 0 spiro atoms. The highest BCUT2D eigenvalue weighted by Crippen LogP contribution is 2.29. The Hall–Kier alpha value is -2.80. The number of rotatable bonds is 3. The first-order valence-corrected chi connectivity index (χ1v) is 9.35. The number of anilines is 2. The van der Waals surface area contributed by atoms with E-state index in [9.17, 15) is 9.59 Å². The first-order chi connectivity index (χ1) is 13.2. The van der Waals surface area contributed by atoms with Gasteiger partial charge in [-0.25, -0.2) is 4.79 Å². The second-order valence-electron chi connectivity index (χ2n) is 6.89. The normalized spacial score (nSPS) is 22.0. The van der Waals surface area contributed by atoms with E-state index in [1.54, 1.807) is 36.4 Å². The number of urea groups is 1. The molecule has 2 atom stereocenters. The van der Waals surface area contributed by atoms with Crippen LogP contribution in [0.15, 0.2) is 47.1 Å². The van der Waals surface area contributed by atoms with Crippen molar-refractivity contribution in [2.24, 2.45) is 0 Å². The maximum absolute atomic E-state index is 12.7. The van der Waals surface area contributed by atoms with Crippen molar-refractivity contribution in [3.05, 3.63) is 48.4 Å². The zero-order chi connectivity index (χ0) is 18.6. The smallest absolute Gasteiger partial charge is 0.322 e. The van der Waals surface area contributed by atoms with Gasteiger partial charge >= 0.3 is 6.03 Å². The number of benzene rings is 1. The number of nitrogens with one attached hydrogen (secondary N) is 2. The molecule has 1 aromatic heterocycles. The fourth-order valence-electron chi connectivity index (χ4n) is 3.78. The van der Waals surface area contributed by atoms with Gasteiger partial charge in [0.15, 0.2) is 5.76 Å². The molecule has 2 aromatic rings. The summed E-state index contributed by atoms with van der Waals surface area (Å²) in [6, 6.07) is 10.4. The van der Waals surface area contributed by atoms with E-state index in [1.807, 2.05) is 4.90 Å². The molecule has 4 rings (SSSR count). The minimum absolute atomic E-state index is 0.0948. The SMILES string of the molecule is O=C(Nc1ccc(NC(=O)N2CCO[C@@H]3CCCC[C@@H]32)cc1)c1ccco1. The van der Waals surface area contributed by atoms with Crippen LogP contribution in [0.25, 0.3) is 0 Å². The van der Waals surface area contributed by atoms with E-state index in [0.717, 1.165) is 19.3 Å². The van der Waals surface area contributed by atoms with Crippen LogP contribution in [0.5, 0.6) is 0 Å². The Labute approximate surface area is 157 Å². The first-order valence-electron chi connectivity index (χ1n) is 9.35. The summed E-state index contributed by atoms with van der Waals surface area (Å²) in [5.41, 5.74) is 1.32. The van der Waals surface area contributed by atoms with Gasteiger partial charge in [-0.15, -0.1) is 0 Å². The number of hydrogen-bond acceptors (Lipinski definition) is 4. The molecule has 7 heteroatoms. The third kappa shape index (κ3) is 3.98. The molecule has 7 nitrogen and oxygen atoms in total. The average Bonchev–Trinajstić information content (AvgIpc) is 3.24. The number of carbonyl (C=O) groups excluding carboxylic acids is 2. The van der Waals surface area contributed by atoms with Gasteiger partial charge < -0.3 is 24.7 Å². The van der Waals surface area contributed by atoms with E-state index >= 15 is 0 Å². The van der Waals surface area contributed by atoms with E-state index < -0.39 is 0 Å². The highest BCUT2D eigenvalue weighted by molar-refractivity contribution is 6.02. The Kier molecular flexibility index (Phi) is 5.11. The Bertz CT molecular complexity index is 786. The van der Waals surface area contributed by atoms with Crippen LogP contribution >= 0.6 is 0 Å². The summed E-state index contributed by atoms with van der Waals surface area (Å²) in [6.07, 6.45) is 5.95. The largest absolute Gasteiger partial charge is 0.459 e. The molecule has 0 bridgehead atoms. The van der Waals surface area contributed by atoms with Crippen LogP contribution in [-0.4, -0.2) is 42.1 Å². The number of hydrogen-bond donors (Lipinski definition) is 2. The Balaban J connectivity index is 1.36. The molecule has 2 heterocycles. The molecule has 0 unspecified atom stereocenters. The molecule has 27 heavy (non-hydrogen) atoms. The van der Waals surface area contributed by atoms with Crippen LogP contribution in [0.4, 0.5) is 16.2 Å². The van der Waals surface area contributed by atoms with Crippen molar-refractivity contribution in [3.63, 3.8) is 0 Å². The van der Waals surface area contributed by atoms with Crippen LogP contribution in [0.2, 0.25) is 0 Å². The lowest BCUT2D eigenvalue weighted by atomic mass is 9.90. The van der Waals surface area contributed by atoms with Gasteiger partial charge in [-0.05, 0) is 49.2 Å². The van der Waals surface area contributed by atoms with Crippen molar-refractivity contribution in [1.82, 2.24) is 4.90 Å². The molecule has 2 aliphatic rings. The third-order valence-electron chi connectivity index (χ3n) is 5.13. The molecule has 1 aromatic carbocycles. The summed E-state index contributed by atoms with van der Waals surface area (Å²) < 4.78 is 10.9. The van der Waals surface area contributed by atoms with Gasteiger partial charge in [0, 0.05) is 17.9 Å². The first kappa shape index (κ1) is 17.6. The Morgan fingerprint density at radius 3 is 2.48 bits per heavy atom. The summed E-state index contributed by atoms with van der Waals surface area (Å²) in [5, 5.41) is 5.71. The molecular weight excluding hydrogens is 346 g/mol. The summed E-state index contributed by atoms with van der Waals surface area (Å²) in [6.45, 7) is 1.20. The van der Waals surface area contributed by atoms with E-state index in [-0.39, 0.29) is 29.8 Å². The van der Waals surface area contributed by atoms with Crippen LogP contribution in [0.1, 0.15) is 36.2 Å². The highest BCUT2D eigenvalue weighted by Gasteiger charge is 2.36. The average molecular weight is 369 g/mol. The van der Waals surface area contributed by atoms with Gasteiger partial charge in [-0.2, -0.15) is 0 Å². The second-order valence-corrected chi connectivity index (χ2v) is 6.89. The lowest BCUT2D eigenvalue weighted by molar-refractivity contribution is -0.0694. The van der Waals surface area contributed by atoms with E-state index in [1.165, 1.54) is 12.7 Å². The van der Waals surface area contributed by atoms with Crippen molar-refractivity contribution < 1.29 is 18.7 Å². The van der Waals surface area contributed by atoms with Gasteiger partial charge in [0.05, 0.1) is 25.0 Å². The molecule has 2 fully saturated rings. The summed E-state index contributed by atoms with van der Waals surface area (Å²) in [5.74, 6) is -0.0600. The number of amides is 3. The number of morpholine rings is 1. The summed E-state index contributed by atoms with van der Waals surface area (Å²) in [4.78, 5) is 26.6. The summed E-state index contributed by atoms with van der Waals surface area (Å²) in [7, 11) is 0. The van der Waals surface area contributed by atoms with Gasteiger partial charge in [-0.1, -0.05) is 12.8 Å². The Morgan fingerprint density at radius 1 is 1.00 bits per heavy atom. The minimum Gasteiger partial charge on any atom is -0.459 e. The molecule has 1 saturated heterocycles. The van der Waals surface area contributed by atoms with Crippen molar-refractivity contribution in [3.8, 4) is 0 Å². The van der Waals surface area contributed by atoms with Gasteiger partial charge in [0.2, 0.25) is 0 Å². The fourth-order valence-corrected chi connectivity index (χ4v) is 3.78. The topological polar surface area (TPSA) is 83.8 Å². The van der Waals surface area contributed by atoms with Crippen molar-refractivity contribution in [2.75, 3.05) is 23.8 Å². The molecule has 1 saturated carbocycles. The van der Waals surface area contributed by atoms with Crippen molar-refractivity contribution in [1.29, 1.82) is 0 Å². The molecule has 3 amide bonds. The molecule has 0 radical (unpaired) electrons. The van der Waals surface area contributed by atoms with Crippen molar-refractivity contribution in [2.45, 2.75) is 37.8 Å². The number of furan rings is 1. The van der Waals surface area contributed by atoms with Crippen molar-refractivity contribution >= 4 is 23.3 Å². The zero-order valence-electron chi connectivity index (χ0n) is 15.0. The van der Waals surface area contributed by atoms with Gasteiger partial charge in [0.1, 0.15) is 0 Å². The number of fused-ring (bicyclic) bond motifs is 1. The van der Waals surface area contributed by atoms with Crippen LogP contribution in [0.3, 0.4) is 0 Å². The molecule has 1 aliphatic heterocycles. The highest BCUT2D eigenvalue weighted by atomic mass is 16.5. The fraction of sp³-hybridized carbons (Fsp3) is 0.400. The van der Waals surface area contributed by atoms with Crippen LogP contribution in [0, 0.1) is 0 Å². The monoisotopic (exact) mass is 369 g/mol. The number of carbonyl (C=O) groups is 2. The lowest BCUT2D eigenvalue weighted by Gasteiger charge is -2.43. The second kappa shape index (κ2) is 7.84. The maximum atomic E-state index is 12.7. The minimum atomic E-state index is -0.312. The number of ether oxygens (including phenoxy) is 1. The van der Waals surface area contributed by atoms with E-state index in [2.05, 4.69) is 10.6 Å². The molecule has 2 N–H and O–H groups in total. The van der Waals surface area contributed by atoms with E-state index in [4.69, 9.17) is 9.15 Å². The third-order valence-corrected chi connectivity index (χ3v) is 5.13. The molecule has 142 valence electrons. The maximum Gasteiger partial charge on any atom is 0.322 e. The van der Waals surface area contributed by atoms with Gasteiger partial charge in [0.25, 0.3) is 5.91 Å². The molecule has 1 aliphatic carbocycles. The van der Waals surface area contributed by atoms with Gasteiger partial charge in [-0.3, -0.25) is 4.79 Å². The zero-order valence-corrected chi connectivity index (χ0v) is 15.0. The quantitative estimate of drug-likeness (QED) is 0.864. The lowest BCUT2D eigenvalue weighted by Crippen LogP contribution is -2.55. The number of nitrogens with zero attached hydrogens (tertiary/aromatic N) is 1. The van der Waals surface area contributed by atoms with Crippen LogP contribution < -0.4 is 10.6 Å². The predicted octanol–water partition coefficient (Wildman–Crippen LogP) is 3.71. The Morgan fingerprint density at radius 2 is 1.74 bits per heavy atom. The predicted molar refractivity (Wildman–Crippen MR) is 101 cm³/mol. The summed E-state index contributed by atoms with van der Waals surface area (Å²) >= 11 is 0. The standard InChI is InChI=1S/C20H23N3O4/c24-19(18-6-3-12-26-18)21-14-7-9-15(10-8-14)22-20(25)23-11-13-27-17-5-2-1-4-16(17)23/h3,6-10,12,16-17H,1-2,4-5,11,13H2,(H,21,24)(H,22,25)/t16-,17+/m0/s1. The van der Waals surface area contributed by atoms with E-state index in [0.29, 0.717) is 24.5 Å².